The molecule has 5 aromatic rings. The number of aromatic amines is 1. The van der Waals surface area contributed by atoms with Gasteiger partial charge in [-0.1, -0.05) is 12.1 Å². The molecule has 0 spiro atoms. The van der Waals surface area contributed by atoms with Gasteiger partial charge in [0.05, 0.1) is 23.5 Å². The minimum Gasteiger partial charge on any atom is -0.497 e. The molecule has 0 fully saturated rings. The van der Waals surface area contributed by atoms with Gasteiger partial charge in [-0.15, -0.1) is 0 Å². The molecule has 35 heavy (non-hydrogen) atoms. The van der Waals surface area contributed by atoms with Crippen molar-refractivity contribution in [2.24, 2.45) is 0 Å². The van der Waals surface area contributed by atoms with Gasteiger partial charge in [0.15, 0.2) is 5.43 Å². The SMILES string of the molecule is COc1ccc2oc(-c3ccc(NC(=O)CCc4nc5ccccc5[nH]c4=O)cc3)cc(=O)c2c1. The number of aromatic nitrogens is 2. The van der Waals surface area contributed by atoms with Gasteiger partial charge in [-0.2, -0.15) is 0 Å². The van der Waals surface area contributed by atoms with Crippen LogP contribution in [0.4, 0.5) is 5.69 Å². The van der Waals surface area contributed by atoms with Crippen LogP contribution in [0.5, 0.6) is 5.75 Å². The lowest BCUT2D eigenvalue weighted by Crippen LogP contribution is -2.19. The minimum absolute atomic E-state index is 0.110. The zero-order chi connectivity index (χ0) is 24.4. The number of H-pyrrole nitrogens is 1. The minimum atomic E-state index is -0.295. The number of aryl methyl sites for hydroxylation is 1. The molecule has 0 radical (unpaired) electrons. The Labute approximate surface area is 199 Å². The first kappa shape index (κ1) is 22.1. The average molecular weight is 467 g/mol. The maximum atomic E-state index is 12.5. The van der Waals surface area contributed by atoms with Crippen LogP contribution >= 0.6 is 0 Å². The van der Waals surface area contributed by atoms with Crippen molar-refractivity contribution < 1.29 is 13.9 Å². The summed E-state index contributed by atoms with van der Waals surface area (Å²) in [6.45, 7) is 0. The summed E-state index contributed by atoms with van der Waals surface area (Å²) >= 11 is 0. The van der Waals surface area contributed by atoms with Crippen LogP contribution in [0, 0.1) is 0 Å². The van der Waals surface area contributed by atoms with Crippen LogP contribution in [-0.2, 0) is 11.2 Å². The Morgan fingerprint density at radius 2 is 1.83 bits per heavy atom. The predicted molar refractivity (Wildman–Crippen MR) is 134 cm³/mol. The Morgan fingerprint density at radius 3 is 2.63 bits per heavy atom. The van der Waals surface area contributed by atoms with Gasteiger partial charge in [0.2, 0.25) is 5.91 Å². The van der Waals surface area contributed by atoms with Gasteiger partial charge in [-0.25, -0.2) is 4.98 Å². The van der Waals surface area contributed by atoms with E-state index in [0.29, 0.717) is 50.5 Å². The Bertz CT molecular complexity index is 1670. The number of anilines is 1. The first-order valence-electron chi connectivity index (χ1n) is 11.0. The number of carbonyl (C=O) groups is 1. The molecule has 2 heterocycles. The Kier molecular flexibility index (Phi) is 5.85. The van der Waals surface area contributed by atoms with E-state index in [-0.39, 0.29) is 29.7 Å². The number of carbonyl (C=O) groups excluding carboxylic acids is 1. The van der Waals surface area contributed by atoms with Crippen LogP contribution in [0.25, 0.3) is 33.3 Å². The number of para-hydroxylation sites is 2. The summed E-state index contributed by atoms with van der Waals surface area (Å²) in [7, 11) is 1.54. The highest BCUT2D eigenvalue weighted by molar-refractivity contribution is 5.91. The molecular weight excluding hydrogens is 446 g/mol. The summed E-state index contributed by atoms with van der Waals surface area (Å²) in [5.41, 5.74) is 2.94. The number of methoxy groups -OCH3 is 1. The zero-order valence-electron chi connectivity index (χ0n) is 18.8. The number of hydrogen-bond acceptors (Lipinski definition) is 6. The van der Waals surface area contributed by atoms with Crippen LogP contribution in [0.3, 0.4) is 0 Å². The van der Waals surface area contributed by atoms with E-state index in [1.54, 1.807) is 48.5 Å². The molecule has 0 aliphatic carbocycles. The van der Waals surface area contributed by atoms with Crippen molar-refractivity contribution in [3.8, 4) is 17.1 Å². The number of nitrogens with one attached hydrogen (secondary N) is 2. The number of hydrogen-bond donors (Lipinski definition) is 2. The molecule has 0 atom stereocenters. The van der Waals surface area contributed by atoms with Gasteiger partial charge in [-0.3, -0.25) is 14.4 Å². The van der Waals surface area contributed by atoms with E-state index in [2.05, 4.69) is 15.3 Å². The van der Waals surface area contributed by atoms with Crippen LogP contribution < -0.4 is 21.0 Å². The standard InChI is InChI=1S/C27H21N3O5/c1-34-18-10-12-24-19(14-18)23(31)15-25(35-24)16-6-8-17(9-7-16)28-26(32)13-11-22-27(33)30-21-5-3-2-4-20(21)29-22/h2-10,12,14-15H,11,13H2,1H3,(H,28,32)(H,30,33). The lowest BCUT2D eigenvalue weighted by Gasteiger charge is -2.08. The molecule has 8 heteroatoms. The molecule has 8 nitrogen and oxygen atoms in total. The second-order valence-corrected chi connectivity index (χ2v) is 7.99. The quantitative estimate of drug-likeness (QED) is 0.385. The molecule has 3 aromatic carbocycles. The van der Waals surface area contributed by atoms with Gasteiger partial charge in [-0.05, 0) is 54.6 Å². The Balaban J connectivity index is 1.27. The fourth-order valence-electron chi connectivity index (χ4n) is 3.81. The number of nitrogens with zero attached hydrogens (tertiary/aromatic N) is 1. The number of rotatable bonds is 6. The Hall–Kier alpha value is -4.72. The average Bonchev–Trinajstić information content (AvgIpc) is 2.87. The first-order chi connectivity index (χ1) is 17.0. The first-order valence-corrected chi connectivity index (χ1v) is 11.0. The van der Waals surface area contributed by atoms with E-state index in [0.717, 1.165) is 0 Å². The van der Waals surface area contributed by atoms with E-state index >= 15 is 0 Å². The smallest absolute Gasteiger partial charge is 0.270 e. The normalized spacial score (nSPS) is 11.0. The summed E-state index contributed by atoms with van der Waals surface area (Å²) in [6.07, 6.45) is 0.330. The van der Waals surface area contributed by atoms with Crippen molar-refractivity contribution in [1.82, 2.24) is 9.97 Å². The number of fused-ring (bicyclic) bond motifs is 2. The molecule has 174 valence electrons. The molecule has 5 rings (SSSR count). The highest BCUT2D eigenvalue weighted by atomic mass is 16.5. The van der Waals surface area contributed by atoms with Gasteiger partial charge < -0.3 is 19.5 Å². The lowest BCUT2D eigenvalue weighted by molar-refractivity contribution is -0.116. The summed E-state index contributed by atoms with van der Waals surface area (Å²) in [6, 6.07) is 20.7. The molecule has 2 N–H and O–H groups in total. The molecule has 0 aliphatic rings. The van der Waals surface area contributed by atoms with E-state index in [1.807, 2.05) is 18.2 Å². The number of ether oxygens (including phenoxy) is 1. The lowest BCUT2D eigenvalue weighted by atomic mass is 10.1. The summed E-state index contributed by atoms with van der Waals surface area (Å²) < 4.78 is 11.1. The van der Waals surface area contributed by atoms with Gasteiger partial charge in [0, 0.05) is 30.2 Å². The molecule has 0 unspecified atom stereocenters. The third kappa shape index (κ3) is 4.67. The topological polar surface area (TPSA) is 114 Å². The van der Waals surface area contributed by atoms with Gasteiger partial charge in [0.1, 0.15) is 22.8 Å². The van der Waals surface area contributed by atoms with E-state index in [9.17, 15) is 14.4 Å². The maximum absolute atomic E-state index is 12.5. The van der Waals surface area contributed by atoms with Crippen molar-refractivity contribution in [2.45, 2.75) is 12.8 Å². The maximum Gasteiger partial charge on any atom is 0.270 e. The van der Waals surface area contributed by atoms with Crippen molar-refractivity contribution in [3.05, 3.63) is 99.1 Å². The van der Waals surface area contributed by atoms with Crippen molar-refractivity contribution in [1.29, 1.82) is 0 Å². The van der Waals surface area contributed by atoms with Gasteiger partial charge in [0.25, 0.3) is 5.56 Å². The second-order valence-electron chi connectivity index (χ2n) is 7.99. The monoisotopic (exact) mass is 467 g/mol. The fraction of sp³-hybridized carbons (Fsp3) is 0.111. The van der Waals surface area contributed by atoms with Crippen molar-refractivity contribution >= 4 is 33.6 Å². The van der Waals surface area contributed by atoms with Crippen molar-refractivity contribution in [3.63, 3.8) is 0 Å². The zero-order valence-corrected chi connectivity index (χ0v) is 18.8. The molecule has 0 bridgehead atoms. The van der Waals surface area contributed by atoms with E-state index < -0.39 is 0 Å². The molecule has 0 aliphatic heterocycles. The second kappa shape index (κ2) is 9.26. The fourth-order valence-corrected chi connectivity index (χ4v) is 3.81. The number of benzene rings is 3. The highest BCUT2D eigenvalue weighted by Gasteiger charge is 2.11. The van der Waals surface area contributed by atoms with Gasteiger partial charge >= 0.3 is 0 Å². The largest absolute Gasteiger partial charge is 0.497 e. The van der Waals surface area contributed by atoms with Crippen LogP contribution in [0.15, 0.2) is 86.8 Å². The Morgan fingerprint density at radius 1 is 1.03 bits per heavy atom. The summed E-state index contributed by atoms with van der Waals surface area (Å²) in [5.74, 6) is 0.768. The van der Waals surface area contributed by atoms with E-state index in [1.165, 1.54) is 13.2 Å². The third-order valence-electron chi connectivity index (χ3n) is 5.65. The molecule has 1 amide bonds. The van der Waals surface area contributed by atoms with E-state index in [4.69, 9.17) is 9.15 Å². The van der Waals surface area contributed by atoms with Crippen molar-refractivity contribution in [2.75, 3.05) is 12.4 Å². The number of amides is 1. The van der Waals surface area contributed by atoms with Crippen LogP contribution in [0.1, 0.15) is 12.1 Å². The van der Waals surface area contributed by atoms with Crippen LogP contribution in [-0.4, -0.2) is 23.0 Å². The summed E-state index contributed by atoms with van der Waals surface area (Å²) in [5, 5.41) is 3.26. The third-order valence-corrected chi connectivity index (χ3v) is 5.65. The molecular formula is C27H21N3O5. The summed E-state index contributed by atoms with van der Waals surface area (Å²) in [4.78, 5) is 44.4. The predicted octanol–water partition coefficient (Wildman–Crippen LogP) is 4.28. The molecule has 0 saturated heterocycles. The highest BCUT2D eigenvalue weighted by Crippen LogP contribution is 2.25. The molecule has 0 saturated carbocycles. The van der Waals surface area contributed by atoms with Crippen LogP contribution in [0.2, 0.25) is 0 Å². The molecule has 2 aromatic heterocycles.